The van der Waals surface area contributed by atoms with E-state index >= 15 is 0 Å². The topological polar surface area (TPSA) is 88.5 Å². The first kappa shape index (κ1) is 12.3. The van der Waals surface area contributed by atoms with Crippen LogP contribution in [-0.4, -0.2) is 29.1 Å². The van der Waals surface area contributed by atoms with Crippen molar-refractivity contribution in [3.63, 3.8) is 0 Å². The minimum Gasteiger partial charge on any atom is -0.481 e. The molecule has 1 heterocycles. The molecule has 18 heavy (non-hydrogen) atoms. The van der Waals surface area contributed by atoms with Gasteiger partial charge in [0.2, 0.25) is 11.8 Å². The maximum Gasteiger partial charge on any atom is 0.307 e. The number of amides is 1. The number of ether oxygens (including phenoxy) is 1. The van der Waals surface area contributed by atoms with E-state index in [0.717, 1.165) is 5.56 Å². The smallest absolute Gasteiger partial charge is 0.307 e. The van der Waals surface area contributed by atoms with Crippen molar-refractivity contribution in [3.05, 3.63) is 23.9 Å². The van der Waals surface area contributed by atoms with Crippen molar-refractivity contribution in [2.24, 2.45) is 11.8 Å². The predicted molar refractivity (Wildman–Crippen MR) is 61.9 cm³/mol. The van der Waals surface area contributed by atoms with E-state index in [9.17, 15) is 9.59 Å². The van der Waals surface area contributed by atoms with Crippen molar-refractivity contribution in [1.29, 1.82) is 0 Å². The Morgan fingerprint density at radius 3 is 2.78 bits per heavy atom. The molecule has 1 aliphatic rings. The molecule has 0 radical (unpaired) electrons. The van der Waals surface area contributed by atoms with Gasteiger partial charge in [-0.3, -0.25) is 9.59 Å². The fourth-order valence-electron chi connectivity index (χ4n) is 1.71. The molecular weight excluding hydrogens is 236 g/mol. The maximum absolute atomic E-state index is 11.6. The zero-order chi connectivity index (χ0) is 13.1. The largest absolute Gasteiger partial charge is 0.481 e. The molecule has 0 bridgehead atoms. The zero-order valence-electron chi connectivity index (χ0n) is 9.92. The van der Waals surface area contributed by atoms with Crippen LogP contribution in [0.2, 0.25) is 0 Å². The van der Waals surface area contributed by atoms with Crippen molar-refractivity contribution >= 4 is 11.9 Å². The fourth-order valence-corrected chi connectivity index (χ4v) is 1.71. The molecule has 2 atom stereocenters. The summed E-state index contributed by atoms with van der Waals surface area (Å²) in [5.74, 6) is -1.50. The second kappa shape index (κ2) is 5.03. The van der Waals surface area contributed by atoms with Crippen LogP contribution in [0.4, 0.5) is 0 Å². The van der Waals surface area contributed by atoms with Crippen LogP contribution in [0.5, 0.6) is 5.88 Å². The Morgan fingerprint density at radius 1 is 1.50 bits per heavy atom. The Morgan fingerprint density at radius 2 is 2.28 bits per heavy atom. The molecule has 2 N–H and O–H groups in total. The number of rotatable bonds is 5. The third-order valence-electron chi connectivity index (χ3n) is 2.92. The first-order chi connectivity index (χ1) is 8.61. The van der Waals surface area contributed by atoms with Crippen molar-refractivity contribution in [3.8, 4) is 5.88 Å². The molecule has 2 rings (SSSR count). The number of aliphatic carboxylic acids is 1. The van der Waals surface area contributed by atoms with Gasteiger partial charge in [0.1, 0.15) is 0 Å². The van der Waals surface area contributed by atoms with Crippen molar-refractivity contribution < 1.29 is 19.4 Å². The summed E-state index contributed by atoms with van der Waals surface area (Å²) < 4.78 is 4.92. The highest BCUT2D eigenvalue weighted by Gasteiger charge is 2.48. The number of pyridine rings is 1. The van der Waals surface area contributed by atoms with Gasteiger partial charge >= 0.3 is 5.97 Å². The lowest BCUT2D eigenvalue weighted by atomic mass is 10.2. The summed E-state index contributed by atoms with van der Waals surface area (Å²) in [7, 11) is 1.53. The Labute approximate surface area is 104 Å². The Hall–Kier alpha value is -2.11. The van der Waals surface area contributed by atoms with Gasteiger partial charge in [0, 0.05) is 18.8 Å². The molecule has 2 unspecified atom stereocenters. The van der Waals surface area contributed by atoms with Gasteiger partial charge in [-0.15, -0.1) is 0 Å². The van der Waals surface area contributed by atoms with Crippen LogP contribution in [0.25, 0.3) is 0 Å². The number of hydrogen-bond donors (Lipinski definition) is 2. The van der Waals surface area contributed by atoms with Gasteiger partial charge < -0.3 is 15.2 Å². The molecule has 1 amide bonds. The monoisotopic (exact) mass is 250 g/mol. The summed E-state index contributed by atoms with van der Waals surface area (Å²) in [6.45, 7) is 0.346. The molecule has 6 heteroatoms. The molecule has 1 aromatic rings. The molecule has 96 valence electrons. The number of carbonyl (C=O) groups is 2. The van der Waals surface area contributed by atoms with E-state index in [-0.39, 0.29) is 11.8 Å². The van der Waals surface area contributed by atoms with Crippen LogP contribution in [0.15, 0.2) is 18.3 Å². The number of nitrogens with one attached hydrogen (secondary N) is 1. The standard InChI is InChI=1S/C12H14N2O4/c1-18-10-3-2-7(5-13-10)6-14-11(15)8-4-9(8)12(16)17/h2-3,5,8-9H,4,6H2,1H3,(H,14,15)(H,16,17). The van der Waals surface area contributed by atoms with Crippen molar-refractivity contribution in [2.45, 2.75) is 13.0 Å². The summed E-state index contributed by atoms with van der Waals surface area (Å²) in [6, 6.07) is 3.51. The van der Waals surface area contributed by atoms with E-state index in [4.69, 9.17) is 9.84 Å². The van der Waals surface area contributed by atoms with E-state index in [0.29, 0.717) is 18.8 Å². The third kappa shape index (κ3) is 2.77. The van der Waals surface area contributed by atoms with Crippen LogP contribution in [0.3, 0.4) is 0 Å². The van der Waals surface area contributed by atoms with Crippen LogP contribution < -0.4 is 10.1 Å². The summed E-state index contributed by atoms with van der Waals surface area (Å²) in [5.41, 5.74) is 0.844. The van der Waals surface area contributed by atoms with Gasteiger partial charge in [-0.2, -0.15) is 0 Å². The number of methoxy groups -OCH3 is 1. The lowest BCUT2D eigenvalue weighted by Gasteiger charge is -2.05. The highest BCUT2D eigenvalue weighted by Crippen LogP contribution is 2.38. The van der Waals surface area contributed by atoms with Crippen LogP contribution >= 0.6 is 0 Å². The van der Waals surface area contributed by atoms with E-state index in [1.807, 2.05) is 0 Å². The lowest BCUT2D eigenvalue weighted by Crippen LogP contribution is -2.25. The van der Waals surface area contributed by atoms with Gasteiger partial charge in [-0.1, -0.05) is 6.07 Å². The number of carbonyl (C=O) groups excluding carboxylic acids is 1. The van der Waals surface area contributed by atoms with E-state index in [1.54, 1.807) is 18.3 Å². The van der Waals surface area contributed by atoms with Gasteiger partial charge in [0.05, 0.1) is 18.9 Å². The second-order valence-corrected chi connectivity index (χ2v) is 4.21. The maximum atomic E-state index is 11.6. The van der Waals surface area contributed by atoms with E-state index in [2.05, 4.69) is 10.3 Å². The molecule has 0 aromatic carbocycles. The summed E-state index contributed by atoms with van der Waals surface area (Å²) >= 11 is 0. The third-order valence-corrected chi connectivity index (χ3v) is 2.92. The van der Waals surface area contributed by atoms with Crippen LogP contribution in [0, 0.1) is 11.8 Å². The first-order valence-electron chi connectivity index (χ1n) is 5.61. The summed E-state index contributed by atoms with van der Waals surface area (Å²) in [6.07, 6.45) is 2.04. The number of aromatic nitrogens is 1. The van der Waals surface area contributed by atoms with E-state index < -0.39 is 11.9 Å². The van der Waals surface area contributed by atoms with Gasteiger partial charge in [-0.25, -0.2) is 4.98 Å². The number of hydrogen-bond acceptors (Lipinski definition) is 4. The minimum atomic E-state index is -0.902. The molecule has 0 spiro atoms. The Kier molecular flexibility index (Phi) is 3.45. The molecule has 6 nitrogen and oxygen atoms in total. The average molecular weight is 250 g/mol. The Balaban J connectivity index is 1.81. The first-order valence-corrected chi connectivity index (χ1v) is 5.61. The fraction of sp³-hybridized carbons (Fsp3) is 0.417. The Bertz CT molecular complexity index is 458. The average Bonchev–Trinajstić information content (AvgIpc) is 3.17. The second-order valence-electron chi connectivity index (χ2n) is 4.21. The number of carboxylic acids is 1. The highest BCUT2D eigenvalue weighted by atomic mass is 16.5. The number of carboxylic acid groups (broad SMARTS) is 1. The molecule has 1 aliphatic carbocycles. The molecule has 1 fully saturated rings. The van der Waals surface area contributed by atoms with Crippen molar-refractivity contribution in [2.75, 3.05) is 7.11 Å². The van der Waals surface area contributed by atoms with Crippen LogP contribution in [0.1, 0.15) is 12.0 Å². The molecule has 1 saturated carbocycles. The SMILES string of the molecule is COc1ccc(CNC(=O)C2CC2C(=O)O)cn1. The van der Waals surface area contributed by atoms with Gasteiger partial charge in [0.15, 0.2) is 0 Å². The van der Waals surface area contributed by atoms with Crippen LogP contribution in [-0.2, 0) is 16.1 Å². The minimum absolute atomic E-state index is 0.210. The molecule has 0 aliphatic heterocycles. The summed E-state index contributed by atoms with van der Waals surface area (Å²) in [5, 5.41) is 11.4. The normalized spacial score (nSPS) is 21.2. The molecule has 0 saturated heterocycles. The quantitative estimate of drug-likeness (QED) is 0.791. The molecule has 1 aromatic heterocycles. The highest BCUT2D eigenvalue weighted by molar-refractivity contribution is 5.89. The van der Waals surface area contributed by atoms with Gasteiger partial charge in [0.25, 0.3) is 0 Å². The van der Waals surface area contributed by atoms with Crippen molar-refractivity contribution in [1.82, 2.24) is 10.3 Å². The molecular formula is C12H14N2O4. The van der Waals surface area contributed by atoms with E-state index in [1.165, 1.54) is 7.11 Å². The zero-order valence-corrected chi connectivity index (χ0v) is 9.92. The lowest BCUT2D eigenvalue weighted by molar-refractivity contribution is -0.140. The number of nitrogens with zero attached hydrogens (tertiary/aromatic N) is 1. The predicted octanol–water partition coefficient (Wildman–Crippen LogP) is 0.427. The summed E-state index contributed by atoms with van der Waals surface area (Å²) in [4.78, 5) is 26.2. The van der Waals surface area contributed by atoms with Gasteiger partial charge in [-0.05, 0) is 12.0 Å².